The van der Waals surface area contributed by atoms with E-state index in [9.17, 15) is 9.59 Å². The highest BCUT2D eigenvalue weighted by atomic mass is 16.6. The first kappa shape index (κ1) is 8.73. The van der Waals surface area contributed by atoms with Crippen molar-refractivity contribution in [3.63, 3.8) is 0 Å². The van der Waals surface area contributed by atoms with Crippen molar-refractivity contribution < 1.29 is 24.5 Å². The van der Waals surface area contributed by atoms with Crippen LogP contribution in [0.4, 0.5) is 0 Å². The number of hydrogen-bond acceptors (Lipinski definition) is 5. The van der Waals surface area contributed by atoms with Gasteiger partial charge in [-0.1, -0.05) is 0 Å². The van der Waals surface area contributed by atoms with Crippen molar-refractivity contribution in [3.8, 4) is 0 Å². The standard InChI is InChI=1S/C7H8O5/c1-3(9)5-6(10)4(2-8)12-7(5)11/h4,8,10H,2H2,1H3/t4-/m1/s1. The first-order chi connectivity index (χ1) is 5.57. The first-order valence-corrected chi connectivity index (χ1v) is 3.33. The Morgan fingerprint density at radius 2 is 2.25 bits per heavy atom. The fraction of sp³-hybridized carbons (Fsp3) is 0.429. The normalized spacial score (nSPS) is 22.8. The molecule has 1 aliphatic rings. The molecule has 1 aliphatic heterocycles. The van der Waals surface area contributed by atoms with Crippen molar-refractivity contribution in [1.82, 2.24) is 0 Å². The zero-order valence-corrected chi connectivity index (χ0v) is 6.40. The van der Waals surface area contributed by atoms with Crippen LogP contribution < -0.4 is 0 Å². The molecule has 0 spiro atoms. The molecule has 0 saturated heterocycles. The van der Waals surface area contributed by atoms with Gasteiger partial charge in [-0.05, 0) is 6.92 Å². The number of carbonyl (C=O) groups excluding carboxylic acids is 2. The van der Waals surface area contributed by atoms with E-state index in [1.165, 1.54) is 0 Å². The number of rotatable bonds is 2. The van der Waals surface area contributed by atoms with Crippen molar-refractivity contribution in [2.24, 2.45) is 0 Å². The molecule has 0 aliphatic carbocycles. The Kier molecular flexibility index (Phi) is 2.14. The van der Waals surface area contributed by atoms with E-state index in [2.05, 4.69) is 4.74 Å². The largest absolute Gasteiger partial charge is 0.507 e. The third kappa shape index (κ3) is 1.18. The molecule has 0 fully saturated rings. The minimum Gasteiger partial charge on any atom is -0.507 e. The van der Waals surface area contributed by atoms with E-state index in [0.29, 0.717) is 0 Å². The summed E-state index contributed by atoms with van der Waals surface area (Å²) in [7, 11) is 0. The van der Waals surface area contributed by atoms with Crippen LogP contribution in [0.2, 0.25) is 0 Å². The molecule has 0 radical (unpaired) electrons. The monoisotopic (exact) mass is 172 g/mol. The SMILES string of the molecule is CC(=O)C1=C(O)[C@@H](CO)OC1=O. The molecule has 5 heteroatoms. The Morgan fingerprint density at radius 1 is 1.67 bits per heavy atom. The molecule has 0 saturated carbocycles. The topological polar surface area (TPSA) is 83.8 Å². The van der Waals surface area contributed by atoms with Gasteiger partial charge in [0.1, 0.15) is 5.57 Å². The molecular weight excluding hydrogens is 164 g/mol. The molecule has 12 heavy (non-hydrogen) atoms. The Balaban J connectivity index is 3.01. The fourth-order valence-electron chi connectivity index (χ4n) is 0.957. The van der Waals surface area contributed by atoms with E-state index < -0.39 is 30.2 Å². The van der Waals surface area contributed by atoms with Crippen LogP contribution in [-0.4, -0.2) is 34.7 Å². The number of esters is 1. The van der Waals surface area contributed by atoms with Gasteiger partial charge in [0.05, 0.1) is 6.61 Å². The van der Waals surface area contributed by atoms with Gasteiger partial charge in [-0.25, -0.2) is 4.79 Å². The van der Waals surface area contributed by atoms with Gasteiger partial charge in [-0.15, -0.1) is 0 Å². The van der Waals surface area contributed by atoms with Crippen LogP contribution in [0.15, 0.2) is 11.3 Å². The predicted octanol–water partition coefficient (Wildman–Crippen LogP) is -0.695. The van der Waals surface area contributed by atoms with E-state index in [-0.39, 0.29) is 5.57 Å². The number of aliphatic hydroxyl groups excluding tert-OH is 2. The minimum absolute atomic E-state index is 0.367. The van der Waals surface area contributed by atoms with Gasteiger partial charge >= 0.3 is 5.97 Å². The van der Waals surface area contributed by atoms with E-state index in [1.807, 2.05) is 0 Å². The van der Waals surface area contributed by atoms with Gasteiger partial charge in [-0.3, -0.25) is 4.79 Å². The second-order valence-corrected chi connectivity index (χ2v) is 2.39. The maximum atomic E-state index is 10.8. The summed E-state index contributed by atoms with van der Waals surface area (Å²) in [6.07, 6.45) is -1.07. The van der Waals surface area contributed by atoms with Crippen molar-refractivity contribution in [2.45, 2.75) is 13.0 Å². The van der Waals surface area contributed by atoms with Gasteiger partial charge in [0.2, 0.25) is 0 Å². The van der Waals surface area contributed by atoms with E-state index >= 15 is 0 Å². The Hall–Kier alpha value is -1.36. The molecule has 1 atom stereocenters. The number of hydrogen-bond donors (Lipinski definition) is 2. The highest BCUT2D eigenvalue weighted by molar-refractivity contribution is 6.18. The number of aliphatic hydroxyl groups is 2. The summed E-state index contributed by atoms with van der Waals surface area (Å²) in [4.78, 5) is 21.6. The molecule has 0 unspecified atom stereocenters. The van der Waals surface area contributed by atoms with Gasteiger partial charge in [-0.2, -0.15) is 0 Å². The number of Topliss-reactive ketones (excluding diaryl/α,β-unsaturated/α-hetero) is 1. The lowest BCUT2D eigenvalue weighted by atomic mass is 10.1. The molecule has 0 amide bonds. The van der Waals surface area contributed by atoms with Gasteiger partial charge in [0, 0.05) is 0 Å². The van der Waals surface area contributed by atoms with Crippen molar-refractivity contribution >= 4 is 11.8 Å². The maximum Gasteiger partial charge on any atom is 0.346 e. The number of ether oxygens (including phenoxy) is 1. The number of cyclic esters (lactones) is 1. The minimum atomic E-state index is -1.07. The summed E-state index contributed by atoms with van der Waals surface area (Å²) >= 11 is 0. The summed E-state index contributed by atoms with van der Waals surface area (Å²) in [5.74, 6) is -1.91. The van der Waals surface area contributed by atoms with Crippen molar-refractivity contribution in [2.75, 3.05) is 6.61 Å². The lowest BCUT2D eigenvalue weighted by Gasteiger charge is -2.03. The average Bonchev–Trinajstić information content (AvgIpc) is 2.25. The third-order valence-electron chi connectivity index (χ3n) is 1.53. The summed E-state index contributed by atoms with van der Waals surface area (Å²) in [6, 6.07) is 0. The van der Waals surface area contributed by atoms with E-state index in [1.54, 1.807) is 0 Å². The number of ketones is 1. The molecule has 1 heterocycles. The van der Waals surface area contributed by atoms with Gasteiger partial charge in [0.15, 0.2) is 17.6 Å². The summed E-state index contributed by atoms with van der Waals surface area (Å²) < 4.78 is 4.46. The van der Waals surface area contributed by atoms with E-state index in [4.69, 9.17) is 10.2 Å². The smallest absolute Gasteiger partial charge is 0.346 e. The van der Waals surface area contributed by atoms with Crippen LogP contribution in [0.25, 0.3) is 0 Å². The molecule has 0 aromatic heterocycles. The highest BCUT2D eigenvalue weighted by Crippen LogP contribution is 2.20. The van der Waals surface area contributed by atoms with Gasteiger partial charge < -0.3 is 14.9 Å². The maximum absolute atomic E-state index is 10.8. The summed E-state index contributed by atoms with van der Waals surface area (Å²) in [5, 5.41) is 17.7. The summed E-state index contributed by atoms with van der Waals surface area (Å²) in [5.41, 5.74) is -0.367. The first-order valence-electron chi connectivity index (χ1n) is 3.33. The molecule has 66 valence electrons. The zero-order valence-electron chi connectivity index (χ0n) is 6.40. The molecule has 1 rings (SSSR count). The Bertz CT molecular complexity index is 265. The quantitative estimate of drug-likeness (QED) is 0.425. The van der Waals surface area contributed by atoms with Crippen LogP contribution >= 0.6 is 0 Å². The Labute approximate surface area is 68.3 Å². The molecule has 2 N–H and O–H groups in total. The zero-order chi connectivity index (χ0) is 9.30. The molecule has 0 aromatic rings. The van der Waals surface area contributed by atoms with Crippen LogP contribution in [0.1, 0.15) is 6.92 Å². The average molecular weight is 172 g/mol. The molecular formula is C7H8O5. The molecule has 0 bridgehead atoms. The van der Waals surface area contributed by atoms with Crippen LogP contribution in [-0.2, 0) is 14.3 Å². The van der Waals surface area contributed by atoms with Crippen LogP contribution in [0, 0.1) is 0 Å². The second kappa shape index (κ2) is 2.94. The fourth-order valence-corrected chi connectivity index (χ4v) is 0.957. The van der Waals surface area contributed by atoms with Crippen molar-refractivity contribution in [1.29, 1.82) is 0 Å². The van der Waals surface area contributed by atoms with Gasteiger partial charge in [0.25, 0.3) is 0 Å². The van der Waals surface area contributed by atoms with Crippen LogP contribution in [0.3, 0.4) is 0 Å². The molecule has 0 aromatic carbocycles. The summed E-state index contributed by atoms with van der Waals surface area (Å²) in [6.45, 7) is 0.626. The predicted molar refractivity (Wildman–Crippen MR) is 37.3 cm³/mol. The third-order valence-corrected chi connectivity index (χ3v) is 1.53. The van der Waals surface area contributed by atoms with Crippen molar-refractivity contribution in [3.05, 3.63) is 11.3 Å². The highest BCUT2D eigenvalue weighted by Gasteiger charge is 2.35. The van der Waals surface area contributed by atoms with Crippen LogP contribution in [0.5, 0.6) is 0 Å². The lowest BCUT2D eigenvalue weighted by molar-refractivity contribution is -0.142. The molecule has 5 nitrogen and oxygen atoms in total. The van der Waals surface area contributed by atoms with E-state index in [0.717, 1.165) is 6.92 Å². The Morgan fingerprint density at radius 3 is 2.50 bits per heavy atom. The second-order valence-electron chi connectivity index (χ2n) is 2.39. The number of carbonyl (C=O) groups is 2. The lowest BCUT2D eigenvalue weighted by Crippen LogP contribution is -2.15.